The number of aliphatic hydroxyl groups is 4. The number of hydrogen-bond acceptors (Lipinski definition) is 10. The second-order valence-electron chi connectivity index (χ2n) is 17.0. The largest absolute Gasteiger partial charge is 0.393 e. The van der Waals surface area contributed by atoms with Crippen molar-refractivity contribution in [3.63, 3.8) is 0 Å². The van der Waals surface area contributed by atoms with Crippen LogP contribution in [-0.4, -0.2) is 113 Å². The third kappa shape index (κ3) is 8.01. The van der Waals surface area contributed by atoms with Gasteiger partial charge in [-0.15, -0.1) is 0 Å². The van der Waals surface area contributed by atoms with Gasteiger partial charge in [0.05, 0.1) is 18.3 Å². The SMILES string of the molecule is CC1(C)CC(O)CC(C)(C)N1OCC(O)(CON1C(C)(C)CC(O)CC1(C)C)CON1C(C)(C)CC(O)CC1(C)C. The van der Waals surface area contributed by atoms with Crippen LogP contribution >= 0.6 is 0 Å². The molecule has 0 radical (unpaired) electrons. The Kier molecular flexibility index (Phi) is 9.85. The van der Waals surface area contributed by atoms with Crippen molar-refractivity contribution >= 4 is 0 Å². The molecule has 3 rings (SSSR count). The fraction of sp³-hybridized carbons (Fsp3) is 1.00. The van der Waals surface area contributed by atoms with E-state index in [4.69, 9.17) is 14.5 Å². The van der Waals surface area contributed by atoms with Crippen molar-refractivity contribution in [1.29, 1.82) is 0 Å². The van der Waals surface area contributed by atoms with Crippen LogP contribution in [-0.2, 0) is 14.5 Å². The maximum absolute atomic E-state index is 12.2. The predicted molar refractivity (Wildman–Crippen MR) is 159 cm³/mol. The van der Waals surface area contributed by atoms with Crippen LogP contribution in [0.4, 0.5) is 0 Å². The minimum atomic E-state index is -1.54. The van der Waals surface area contributed by atoms with Crippen LogP contribution in [0.2, 0.25) is 0 Å². The molecule has 3 aliphatic rings. The molecule has 0 aliphatic carbocycles. The molecule has 3 saturated heterocycles. The molecule has 242 valence electrons. The normalized spacial score (nSPS) is 29.6. The average molecular weight is 588 g/mol. The lowest BCUT2D eigenvalue weighted by Gasteiger charge is -2.55. The van der Waals surface area contributed by atoms with Crippen LogP contribution in [0.15, 0.2) is 0 Å². The molecule has 3 heterocycles. The Morgan fingerprint density at radius 2 is 0.634 bits per heavy atom. The summed E-state index contributed by atoms with van der Waals surface area (Å²) in [4.78, 5) is 19.3. The zero-order valence-corrected chi connectivity index (χ0v) is 28.0. The van der Waals surface area contributed by atoms with Crippen molar-refractivity contribution in [1.82, 2.24) is 15.2 Å². The van der Waals surface area contributed by atoms with E-state index in [0.717, 1.165) is 0 Å². The molecule has 0 aromatic heterocycles. The van der Waals surface area contributed by atoms with Crippen LogP contribution in [0.25, 0.3) is 0 Å². The lowest BCUT2D eigenvalue weighted by molar-refractivity contribution is -0.357. The lowest BCUT2D eigenvalue weighted by Crippen LogP contribution is -2.65. The molecule has 0 amide bonds. The summed E-state index contributed by atoms with van der Waals surface area (Å²) in [6.07, 6.45) is 2.04. The highest BCUT2D eigenvalue weighted by molar-refractivity contribution is 5.00. The second kappa shape index (κ2) is 11.5. The van der Waals surface area contributed by atoms with Crippen LogP contribution in [0.5, 0.6) is 0 Å². The molecule has 41 heavy (non-hydrogen) atoms. The first-order valence-electron chi connectivity index (χ1n) is 15.4. The van der Waals surface area contributed by atoms with Crippen molar-refractivity contribution in [2.24, 2.45) is 0 Å². The van der Waals surface area contributed by atoms with Gasteiger partial charge in [-0.1, -0.05) is 0 Å². The highest BCUT2D eigenvalue weighted by Crippen LogP contribution is 2.42. The van der Waals surface area contributed by atoms with Gasteiger partial charge in [-0.2, -0.15) is 15.2 Å². The summed E-state index contributed by atoms with van der Waals surface area (Å²) in [5, 5.41) is 49.4. The standard InChI is InChI=1S/C31H61N3O7/c1-25(2)13-22(35)14-26(3,4)32(25)39-19-31(38,20-40-33-27(5,6)15-23(36)16-28(33,7)8)21-41-34-29(9,10)17-24(37)18-30(34,11)12/h22-24,35-38H,13-21H2,1-12H3. The molecular formula is C31H61N3O7. The van der Waals surface area contributed by atoms with Crippen molar-refractivity contribution in [3.05, 3.63) is 0 Å². The molecular weight excluding hydrogens is 526 g/mol. The van der Waals surface area contributed by atoms with Crippen LogP contribution < -0.4 is 0 Å². The highest BCUT2D eigenvalue weighted by Gasteiger charge is 2.51. The number of rotatable bonds is 9. The van der Waals surface area contributed by atoms with Gasteiger partial charge in [0.15, 0.2) is 0 Å². The monoisotopic (exact) mass is 587 g/mol. The van der Waals surface area contributed by atoms with E-state index in [1.807, 2.05) is 98.3 Å². The predicted octanol–water partition coefficient (Wildman–Crippen LogP) is 3.55. The van der Waals surface area contributed by atoms with Gasteiger partial charge in [-0.05, 0) is 122 Å². The van der Waals surface area contributed by atoms with Crippen LogP contribution in [0.1, 0.15) is 122 Å². The average Bonchev–Trinajstić information content (AvgIpc) is 2.67. The number of aliphatic hydroxyl groups excluding tert-OH is 3. The molecule has 0 unspecified atom stereocenters. The fourth-order valence-electron chi connectivity index (χ4n) is 8.36. The molecule has 3 aliphatic heterocycles. The van der Waals surface area contributed by atoms with Gasteiger partial charge in [0.25, 0.3) is 0 Å². The molecule has 4 N–H and O–H groups in total. The first-order chi connectivity index (χ1) is 18.3. The van der Waals surface area contributed by atoms with E-state index >= 15 is 0 Å². The summed E-state index contributed by atoms with van der Waals surface area (Å²) in [5.74, 6) is 0. The Hall–Kier alpha value is -0.400. The summed E-state index contributed by atoms with van der Waals surface area (Å²) >= 11 is 0. The Morgan fingerprint density at radius 3 is 0.805 bits per heavy atom. The van der Waals surface area contributed by atoms with E-state index in [2.05, 4.69) is 0 Å². The van der Waals surface area contributed by atoms with Gasteiger partial charge >= 0.3 is 0 Å². The van der Waals surface area contributed by atoms with E-state index in [-0.39, 0.29) is 19.8 Å². The van der Waals surface area contributed by atoms with E-state index in [1.165, 1.54) is 0 Å². The Balaban J connectivity index is 1.85. The van der Waals surface area contributed by atoms with Crippen molar-refractivity contribution in [3.8, 4) is 0 Å². The number of nitrogens with zero attached hydrogens (tertiary/aromatic N) is 3. The molecule has 0 spiro atoms. The number of hydrogen-bond donors (Lipinski definition) is 4. The zero-order chi connectivity index (χ0) is 31.4. The van der Waals surface area contributed by atoms with Gasteiger partial charge in [0.1, 0.15) is 25.4 Å². The van der Waals surface area contributed by atoms with Gasteiger partial charge < -0.3 is 20.4 Å². The summed E-state index contributed by atoms with van der Waals surface area (Å²) in [6.45, 7) is 24.2. The number of piperidine rings is 3. The Bertz CT molecular complexity index is 738. The van der Waals surface area contributed by atoms with Gasteiger partial charge in [0, 0.05) is 33.2 Å². The van der Waals surface area contributed by atoms with Crippen LogP contribution in [0.3, 0.4) is 0 Å². The zero-order valence-electron chi connectivity index (χ0n) is 28.0. The molecule has 0 aromatic carbocycles. The summed E-state index contributed by atoms with van der Waals surface area (Å²) < 4.78 is 0. The maximum atomic E-state index is 12.2. The quantitative estimate of drug-likeness (QED) is 0.319. The van der Waals surface area contributed by atoms with Crippen molar-refractivity contribution < 1.29 is 34.9 Å². The minimum Gasteiger partial charge on any atom is -0.393 e. The van der Waals surface area contributed by atoms with E-state index in [1.54, 1.807) is 0 Å². The molecule has 0 aromatic rings. The van der Waals surface area contributed by atoms with E-state index < -0.39 is 57.1 Å². The molecule has 0 bridgehead atoms. The molecule has 0 saturated carbocycles. The summed E-state index contributed by atoms with van der Waals surface area (Å²) in [7, 11) is 0. The topological polar surface area (TPSA) is 118 Å². The summed E-state index contributed by atoms with van der Waals surface area (Å²) in [6, 6.07) is 0. The lowest BCUT2D eigenvalue weighted by atomic mass is 9.80. The summed E-state index contributed by atoms with van der Waals surface area (Å²) in [5.41, 5.74) is -4.26. The third-order valence-electron chi connectivity index (χ3n) is 9.10. The Labute approximate surface area is 248 Å². The minimum absolute atomic E-state index is 0.0788. The van der Waals surface area contributed by atoms with Crippen LogP contribution in [0, 0.1) is 0 Å². The fourth-order valence-corrected chi connectivity index (χ4v) is 8.36. The highest BCUT2D eigenvalue weighted by atomic mass is 16.7. The van der Waals surface area contributed by atoms with Crippen molar-refractivity contribution in [2.45, 2.75) is 179 Å². The second-order valence-corrected chi connectivity index (χ2v) is 17.0. The first-order valence-corrected chi connectivity index (χ1v) is 15.4. The number of hydroxylamine groups is 6. The van der Waals surface area contributed by atoms with Gasteiger partial charge in [-0.3, -0.25) is 14.5 Å². The maximum Gasteiger partial charge on any atom is 0.140 e. The molecule has 10 nitrogen and oxygen atoms in total. The van der Waals surface area contributed by atoms with E-state index in [9.17, 15) is 20.4 Å². The van der Waals surface area contributed by atoms with E-state index in [0.29, 0.717) is 38.5 Å². The third-order valence-corrected chi connectivity index (χ3v) is 9.10. The molecule has 0 atom stereocenters. The first kappa shape index (κ1) is 35.1. The van der Waals surface area contributed by atoms with Gasteiger partial charge in [-0.25, -0.2) is 0 Å². The van der Waals surface area contributed by atoms with Gasteiger partial charge in [0.2, 0.25) is 0 Å². The Morgan fingerprint density at radius 1 is 0.463 bits per heavy atom. The van der Waals surface area contributed by atoms with Crippen molar-refractivity contribution in [2.75, 3.05) is 19.8 Å². The molecule has 3 fully saturated rings. The smallest absolute Gasteiger partial charge is 0.140 e. The molecule has 10 heteroatoms.